The van der Waals surface area contributed by atoms with Gasteiger partial charge in [-0.15, -0.1) is 10.2 Å². The quantitative estimate of drug-likeness (QED) is 0.531. The van der Waals surface area contributed by atoms with E-state index in [2.05, 4.69) is 57.2 Å². The van der Waals surface area contributed by atoms with E-state index in [1.807, 2.05) is 0 Å². The summed E-state index contributed by atoms with van der Waals surface area (Å²) >= 11 is 0. The van der Waals surface area contributed by atoms with E-state index in [0.29, 0.717) is 11.5 Å². The van der Waals surface area contributed by atoms with Crippen molar-refractivity contribution in [1.82, 2.24) is 19.7 Å². The molecule has 0 aliphatic carbocycles. The summed E-state index contributed by atoms with van der Waals surface area (Å²) in [5.74, 6) is 0.684. The maximum Gasteiger partial charge on any atom is 0.250 e. The van der Waals surface area contributed by atoms with Crippen LogP contribution in [0.5, 0.6) is 0 Å². The molecule has 0 spiro atoms. The van der Waals surface area contributed by atoms with E-state index in [9.17, 15) is 4.39 Å². The summed E-state index contributed by atoms with van der Waals surface area (Å²) in [4.78, 5) is 2.42. The molecule has 2 aromatic heterocycles. The van der Waals surface area contributed by atoms with Crippen LogP contribution in [0, 0.1) is 5.82 Å². The van der Waals surface area contributed by atoms with Crippen molar-refractivity contribution < 1.29 is 8.81 Å². The summed E-state index contributed by atoms with van der Waals surface area (Å²) in [5.41, 5.74) is 2.93. The molecule has 0 N–H and O–H groups in total. The van der Waals surface area contributed by atoms with E-state index in [-0.39, 0.29) is 17.6 Å². The van der Waals surface area contributed by atoms with Crippen LogP contribution in [0.3, 0.4) is 0 Å². The summed E-state index contributed by atoms with van der Waals surface area (Å²) in [5, 5.41) is 9.56. The van der Waals surface area contributed by atoms with Gasteiger partial charge in [0.05, 0.1) is 11.5 Å². The predicted molar refractivity (Wildman–Crippen MR) is 105 cm³/mol. The molecule has 1 atom stereocenters. The van der Waals surface area contributed by atoms with Crippen molar-refractivity contribution in [2.45, 2.75) is 18.9 Å². The highest BCUT2D eigenvalue weighted by Gasteiger charge is 2.29. The topological polar surface area (TPSA) is 47.1 Å². The maximum atomic E-state index is 14.0. The van der Waals surface area contributed by atoms with Gasteiger partial charge in [-0.3, -0.25) is 4.90 Å². The van der Waals surface area contributed by atoms with E-state index in [1.165, 1.54) is 22.5 Å². The lowest BCUT2D eigenvalue weighted by atomic mass is 10.1. The number of para-hydroxylation sites is 1. The van der Waals surface area contributed by atoms with Gasteiger partial charge in [0, 0.05) is 37.2 Å². The first-order valence-corrected chi connectivity index (χ1v) is 9.52. The molecule has 0 saturated carbocycles. The van der Waals surface area contributed by atoms with Gasteiger partial charge in [-0.2, -0.15) is 0 Å². The Morgan fingerprint density at radius 1 is 1.11 bits per heavy atom. The zero-order valence-corrected chi connectivity index (χ0v) is 15.7. The van der Waals surface area contributed by atoms with Gasteiger partial charge < -0.3 is 8.98 Å². The monoisotopic (exact) mass is 376 g/mol. The Morgan fingerprint density at radius 3 is 2.82 bits per heavy atom. The lowest BCUT2D eigenvalue weighted by Gasteiger charge is -2.14. The zero-order valence-electron chi connectivity index (χ0n) is 15.7. The number of benzene rings is 2. The average Bonchev–Trinajstić information content (AvgIpc) is 3.43. The van der Waals surface area contributed by atoms with Crippen LogP contribution >= 0.6 is 0 Å². The summed E-state index contributed by atoms with van der Waals surface area (Å²) in [6.07, 6.45) is 3.17. The van der Waals surface area contributed by atoms with Crippen LogP contribution < -0.4 is 0 Å². The molecule has 2 aromatic carbocycles. The average molecular weight is 376 g/mol. The number of aromatic nitrogens is 3. The first kappa shape index (κ1) is 17.1. The van der Waals surface area contributed by atoms with Crippen molar-refractivity contribution in [2.24, 2.45) is 7.05 Å². The number of hydrogen-bond acceptors (Lipinski definition) is 4. The van der Waals surface area contributed by atoms with Crippen LogP contribution in [0.1, 0.15) is 23.8 Å². The molecule has 0 radical (unpaired) electrons. The van der Waals surface area contributed by atoms with Gasteiger partial charge in [-0.1, -0.05) is 30.3 Å². The second-order valence-electron chi connectivity index (χ2n) is 7.43. The second-order valence-corrected chi connectivity index (χ2v) is 7.43. The first-order valence-electron chi connectivity index (χ1n) is 9.52. The lowest BCUT2D eigenvalue weighted by molar-refractivity contribution is 0.321. The molecular formula is C22H21FN4O. The Balaban J connectivity index is 1.32. The fourth-order valence-electron chi connectivity index (χ4n) is 4.11. The molecule has 0 amide bonds. The number of fused-ring (bicyclic) bond motifs is 1. The van der Waals surface area contributed by atoms with Crippen LogP contribution in [0.4, 0.5) is 4.39 Å². The molecule has 1 aliphatic heterocycles. The predicted octanol–water partition coefficient (Wildman–Crippen LogP) is 4.36. The van der Waals surface area contributed by atoms with Gasteiger partial charge in [0.15, 0.2) is 0 Å². The van der Waals surface area contributed by atoms with Crippen molar-refractivity contribution >= 4 is 10.9 Å². The summed E-state index contributed by atoms with van der Waals surface area (Å²) in [6.45, 7) is 2.74. The Bertz CT molecular complexity index is 1130. The fourth-order valence-corrected chi connectivity index (χ4v) is 4.11. The molecule has 142 valence electrons. The largest absolute Gasteiger partial charge is 0.420 e. The maximum absolute atomic E-state index is 14.0. The molecule has 1 saturated heterocycles. The van der Waals surface area contributed by atoms with Crippen molar-refractivity contribution in [3.8, 4) is 11.5 Å². The molecule has 0 bridgehead atoms. The van der Waals surface area contributed by atoms with Gasteiger partial charge in [-0.25, -0.2) is 4.39 Å². The van der Waals surface area contributed by atoms with Crippen molar-refractivity contribution in [3.05, 3.63) is 72.0 Å². The van der Waals surface area contributed by atoms with Crippen LogP contribution in [0.15, 0.2) is 59.1 Å². The molecule has 4 aromatic rings. The standard InChI is InChI=1S/C22H21FN4O/c1-26-12-16(17-6-3-5-9-20(17)26)14-27-11-10-15(13-27)21-24-25-22(28-21)18-7-2-4-8-19(18)23/h2-9,12,15H,10-11,13-14H2,1H3/t15-/m0/s1. The summed E-state index contributed by atoms with van der Waals surface area (Å²) in [7, 11) is 2.08. The van der Waals surface area contributed by atoms with Gasteiger partial charge in [-0.05, 0) is 36.7 Å². The smallest absolute Gasteiger partial charge is 0.250 e. The highest BCUT2D eigenvalue weighted by atomic mass is 19.1. The minimum absolute atomic E-state index is 0.183. The molecule has 1 fully saturated rings. The van der Waals surface area contributed by atoms with Crippen LogP contribution in [-0.4, -0.2) is 32.8 Å². The van der Waals surface area contributed by atoms with Crippen LogP contribution in [0.25, 0.3) is 22.4 Å². The zero-order chi connectivity index (χ0) is 19.1. The Hall–Kier alpha value is -2.99. The minimum Gasteiger partial charge on any atom is -0.420 e. The fraction of sp³-hybridized carbons (Fsp3) is 0.273. The summed E-state index contributed by atoms with van der Waals surface area (Å²) < 4.78 is 21.9. The lowest BCUT2D eigenvalue weighted by Crippen LogP contribution is -2.19. The molecule has 5 rings (SSSR count). The molecule has 1 aliphatic rings. The third kappa shape index (κ3) is 2.99. The second kappa shape index (κ2) is 6.87. The number of aryl methyl sites for hydroxylation is 1. The normalized spacial score (nSPS) is 17.6. The number of halogens is 1. The molecule has 3 heterocycles. The third-order valence-electron chi connectivity index (χ3n) is 5.54. The van der Waals surface area contributed by atoms with E-state index in [4.69, 9.17) is 4.42 Å². The van der Waals surface area contributed by atoms with Crippen molar-refractivity contribution in [2.75, 3.05) is 13.1 Å². The van der Waals surface area contributed by atoms with Crippen molar-refractivity contribution in [3.63, 3.8) is 0 Å². The number of nitrogens with zero attached hydrogens (tertiary/aromatic N) is 4. The molecule has 28 heavy (non-hydrogen) atoms. The number of rotatable bonds is 4. The van der Waals surface area contributed by atoms with Crippen LogP contribution in [-0.2, 0) is 13.6 Å². The van der Waals surface area contributed by atoms with Gasteiger partial charge in [0.1, 0.15) is 5.82 Å². The Kier molecular flexibility index (Phi) is 4.20. The Labute approximate surface area is 162 Å². The van der Waals surface area contributed by atoms with Crippen molar-refractivity contribution in [1.29, 1.82) is 0 Å². The SMILES string of the molecule is Cn1cc(CN2CC[C@H](c3nnc(-c4ccccc4F)o3)C2)c2ccccc21. The van der Waals surface area contributed by atoms with Gasteiger partial charge >= 0.3 is 0 Å². The number of likely N-dealkylation sites (tertiary alicyclic amines) is 1. The van der Waals surface area contributed by atoms with E-state index >= 15 is 0 Å². The minimum atomic E-state index is -0.346. The van der Waals surface area contributed by atoms with Crippen LogP contribution in [0.2, 0.25) is 0 Å². The number of hydrogen-bond donors (Lipinski definition) is 0. The third-order valence-corrected chi connectivity index (χ3v) is 5.54. The highest BCUT2D eigenvalue weighted by molar-refractivity contribution is 5.83. The first-order chi connectivity index (χ1) is 13.7. The van der Waals surface area contributed by atoms with Gasteiger partial charge in [0.25, 0.3) is 5.89 Å². The summed E-state index contributed by atoms with van der Waals surface area (Å²) in [6, 6.07) is 15.0. The molecule has 0 unspecified atom stereocenters. The van der Waals surface area contributed by atoms with Gasteiger partial charge in [0.2, 0.25) is 5.89 Å². The molecular weight excluding hydrogens is 355 g/mol. The van der Waals surface area contributed by atoms with E-state index < -0.39 is 0 Å². The van der Waals surface area contributed by atoms with E-state index in [1.54, 1.807) is 18.2 Å². The highest BCUT2D eigenvalue weighted by Crippen LogP contribution is 2.31. The molecule has 6 heteroatoms. The Morgan fingerprint density at radius 2 is 1.93 bits per heavy atom. The molecule has 5 nitrogen and oxygen atoms in total. The van der Waals surface area contributed by atoms with E-state index in [0.717, 1.165) is 26.1 Å².